The van der Waals surface area contributed by atoms with Crippen LogP contribution in [0.25, 0.3) is 87.7 Å². The molecule has 0 fully saturated rings. The Kier molecular flexibility index (Phi) is 3.46. The second kappa shape index (κ2) is 6.89. The molecule has 2 nitrogen and oxygen atoms in total. The lowest BCUT2D eigenvalue weighted by atomic mass is 9.31. The molecule has 4 heterocycles. The molecule has 2 aromatic heterocycles. The van der Waals surface area contributed by atoms with Crippen LogP contribution in [0.1, 0.15) is 0 Å². The first-order chi connectivity index (χ1) is 20.3. The maximum absolute atomic E-state index is 6.45. The molecule has 186 valence electrons. The summed E-state index contributed by atoms with van der Waals surface area (Å²) in [4.78, 5) is 0. The predicted octanol–water partition coefficient (Wildman–Crippen LogP) is 8.27. The van der Waals surface area contributed by atoms with Crippen LogP contribution in [0.3, 0.4) is 0 Å². The molecule has 9 aromatic rings. The van der Waals surface area contributed by atoms with E-state index in [9.17, 15) is 0 Å². The average Bonchev–Trinajstić information content (AvgIpc) is 3.59. The van der Waals surface area contributed by atoms with Gasteiger partial charge in [0.2, 0.25) is 6.71 Å². The van der Waals surface area contributed by atoms with Gasteiger partial charge < -0.3 is 8.83 Å². The zero-order valence-electron chi connectivity index (χ0n) is 21.9. The van der Waals surface area contributed by atoms with Gasteiger partial charge in [-0.15, -0.1) is 0 Å². The third kappa shape index (κ3) is 2.32. The lowest BCUT2D eigenvalue weighted by Gasteiger charge is -2.34. The van der Waals surface area contributed by atoms with E-state index in [0.717, 1.165) is 22.3 Å². The average molecular weight is 518 g/mol. The number of fused-ring (bicyclic) bond motifs is 12. The standard InChI is InChI=1S/C38H19BO2/c1-3-16-30-22(8-1)36-24-12-6-14-28-34(24)26(18-32(36)40-30)20-10-5-11-21-27-19-33-37(23-9-2-4-17-31(23)41-33)25-13-7-15-29(35(25)27)39(28)38(20)21/h1-19H. The van der Waals surface area contributed by atoms with Gasteiger partial charge in [-0.2, -0.15) is 0 Å². The first-order valence-corrected chi connectivity index (χ1v) is 14.2. The van der Waals surface area contributed by atoms with E-state index in [1.807, 2.05) is 0 Å². The van der Waals surface area contributed by atoms with E-state index in [-0.39, 0.29) is 6.71 Å². The molecule has 7 aromatic carbocycles. The van der Waals surface area contributed by atoms with Crippen molar-refractivity contribution in [3.63, 3.8) is 0 Å². The van der Waals surface area contributed by atoms with Gasteiger partial charge in [0.05, 0.1) is 0 Å². The summed E-state index contributed by atoms with van der Waals surface area (Å²) in [5, 5.41) is 10.00. The highest BCUT2D eigenvalue weighted by molar-refractivity contribution is 7.01. The highest BCUT2D eigenvalue weighted by Gasteiger charge is 2.39. The molecule has 0 unspecified atom stereocenters. The number of benzene rings is 7. The van der Waals surface area contributed by atoms with Crippen LogP contribution in [0.4, 0.5) is 0 Å². The van der Waals surface area contributed by atoms with E-state index in [1.165, 1.54) is 81.7 Å². The van der Waals surface area contributed by atoms with Crippen molar-refractivity contribution in [2.75, 3.05) is 0 Å². The highest BCUT2D eigenvalue weighted by atomic mass is 16.3. The SMILES string of the molecule is c1cc2c3c(c1)-c1cc4oc5ccccc5c4c4cccc(c14)B3c1cccc3c1c-2cc1oc2ccccc2c13. The fraction of sp³-hybridized carbons (Fsp3) is 0. The van der Waals surface area contributed by atoms with Crippen molar-refractivity contribution in [1.29, 1.82) is 0 Å². The third-order valence-electron chi connectivity index (χ3n) is 9.66. The van der Waals surface area contributed by atoms with Gasteiger partial charge >= 0.3 is 0 Å². The molecule has 0 amide bonds. The molecule has 0 spiro atoms. The molecular weight excluding hydrogens is 499 g/mol. The summed E-state index contributed by atoms with van der Waals surface area (Å²) in [6.45, 7) is 0.153. The minimum absolute atomic E-state index is 0.153. The van der Waals surface area contributed by atoms with Crippen LogP contribution >= 0.6 is 0 Å². The molecule has 0 aliphatic carbocycles. The fourth-order valence-electron chi connectivity index (χ4n) is 8.18. The topological polar surface area (TPSA) is 26.3 Å². The van der Waals surface area contributed by atoms with Crippen molar-refractivity contribution in [3.05, 3.63) is 115 Å². The van der Waals surface area contributed by atoms with Crippen LogP contribution in [0, 0.1) is 0 Å². The molecule has 2 aliphatic rings. The van der Waals surface area contributed by atoms with Gasteiger partial charge in [0, 0.05) is 21.5 Å². The van der Waals surface area contributed by atoms with Crippen molar-refractivity contribution >= 4 is 88.5 Å². The largest absolute Gasteiger partial charge is 0.456 e. The van der Waals surface area contributed by atoms with Crippen LogP contribution in [-0.2, 0) is 0 Å². The number of para-hydroxylation sites is 2. The Morgan fingerprint density at radius 1 is 0.366 bits per heavy atom. The highest BCUT2D eigenvalue weighted by Crippen LogP contribution is 2.45. The van der Waals surface area contributed by atoms with Gasteiger partial charge in [0.25, 0.3) is 0 Å². The molecule has 0 radical (unpaired) electrons. The number of furan rings is 2. The number of hydrogen-bond acceptors (Lipinski definition) is 2. The molecule has 0 saturated carbocycles. The van der Waals surface area contributed by atoms with Crippen LogP contribution in [0.5, 0.6) is 0 Å². The Morgan fingerprint density at radius 2 is 0.829 bits per heavy atom. The molecule has 11 rings (SSSR count). The van der Waals surface area contributed by atoms with Crippen molar-refractivity contribution in [3.8, 4) is 22.3 Å². The monoisotopic (exact) mass is 518 g/mol. The van der Waals surface area contributed by atoms with Crippen LogP contribution < -0.4 is 16.4 Å². The summed E-state index contributed by atoms with van der Waals surface area (Å²) in [6.07, 6.45) is 0. The fourth-order valence-corrected chi connectivity index (χ4v) is 8.18. The first-order valence-electron chi connectivity index (χ1n) is 14.2. The summed E-state index contributed by atoms with van der Waals surface area (Å²) in [5.41, 5.74) is 13.0. The van der Waals surface area contributed by atoms with Gasteiger partial charge in [-0.1, -0.05) is 107 Å². The zero-order chi connectivity index (χ0) is 26.4. The Bertz CT molecular complexity index is 2470. The van der Waals surface area contributed by atoms with E-state index in [0.29, 0.717) is 0 Å². The van der Waals surface area contributed by atoms with Crippen LogP contribution in [0.2, 0.25) is 0 Å². The third-order valence-corrected chi connectivity index (χ3v) is 9.66. The molecule has 0 saturated heterocycles. The predicted molar refractivity (Wildman–Crippen MR) is 172 cm³/mol. The summed E-state index contributed by atoms with van der Waals surface area (Å²) >= 11 is 0. The number of hydrogen-bond donors (Lipinski definition) is 0. The van der Waals surface area contributed by atoms with E-state index in [1.54, 1.807) is 0 Å². The second-order valence-corrected chi connectivity index (χ2v) is 11.5. The quantitative estimate of drug-likeness (QED) is 0.189. The maximum atomic E-state index is 6.45. The van der Waals surface area contributed by atoms with E-state index in [2.05, 4.69) is 115 Å². The molecule has 2 aliphatic heterocycles. The van der Waals surface area contributed by atoms with Crippen molar-refractivity contribution in [2.24, 2.45) is 0 Å². The van der Waals surface area contributed by atoms with Crippen LogP contribution in [-0.4, -0.2) is 6.71 Å². The normalized spacial score (nSPS) is 13.3. The molecule has 0 bridgehead atoms. The van der Waals surface area contributed by atoms with Crippen molar-refractivity contribution < 1.29 is 8.83 Å². The Hall–Kier alpha value is -5.28. The molecule has 41 heavy (non-hydrogen) atoms. The van der Waals surface area contributed by atoms with Gasteiger partial charge in [-0.25, -0.2) is 0 Å². The molecule has 0 N–H and O–H groups in total. The summed E-state index contributed by atoms with van der Waals surface area (Å²) in [7, 11) is 0. The molecule has 0 atom stereocenters. The van der Waals surface area contributed by atoms with Gasteiger partial charge in [0.1, 0.15) is 22.3 Å². The number of rotatable bonds is 0. The molecular formula is C38H19BO2. The Labute approximate surface area is 234 Å². The molecule has 3 heteroatoms. The van der Waals surface area contributed by atoms with E-state index in [4.69, 9.17) is 8.83 Å². The lowest BCUT2D eigenvalue weighted by Crippen LogP contribution is -2.57. The summed E-state index contributed by atoms with van der Waals surface area (Å²) < 4.78 is 12.9. The van der Waals surface area contributed by atoms with Gasteiger partial charge in [-0.05, 0) is 68.1 Å². The Balaban J connectivity index is 1.36. The first kappa shape index (κ1) is 20.6. The minimum atomic E-state index is 0.153. The summed E-state index contributed by atoms with van der Waals surface area (Å²) in [6, 6.07) is 41.9. The maximum Gasteiger partial charge on any atom is 0.244 e. The van der Waals surface area contributed by atoms with Crippen molar-refractivity contribution in [2.45, 2.75) is 0 Å². The van der Waals surface area contributed by atoms with Gasteiger partial charge in [0.15, 0.2) is 0 Å². The smallest absolute Gasteiger partial charge is 0.244 e. The van der Waals surface area contributed by atoms with E-state index < -0.39 is 0 Å². The zero-order valence-corrected chi connectivity index (χ0v) is 21.9. The minimum Gasteiger partial charge on any atom is -0.456 e. The lowest BCUT2D eigenvalue weighted by molar-refractivity contribution is 0.669. The Morgan fingerprint density at radius 3 is 1.37 bits per heavy atom. The van der Waals surface area contributed by atoms with Crippen molar-refractivity contribution in [1.82, 2.24) is 0 Å². The van der Waals surface area contributed by atoms with E-state index >= 15 is 0 Å². The second-order valence-electron chi connectivity index (χ2n) is 11.5. The van der Waals surface area contributed by atoms with Crippen LogP contribution in [0.15, 0.2) is 124 Å². The summed E-state index contributed by atoms with van der Waals surface area (Å²) in [5.74, 6) is 0. The van der Waals surface area contributed by atoms with Gasteiger partial charge in [-0.3, -0.25) is 0 Å².